The number of hydrogen-bond donors (Lipinski definition) is 1. The molecule has 1 atom stereocenters. The predicted molar refractivity (Wildman–Crippen MR) is 63.9 cm³/mol. The van der Waals surface area contributed by atoms with Gasteiger partial charge < -0.3 is 4.90 Å². The van der Waals surface area contributed by atoms with Crippen molar-refractivity contribution in [3.05, 3.63) is 21.9 Å². The van der Waals surface area contributed by atoms with Gasteiger partial charge in [-0.3, -0.25) is 4.79 Å². The van der Waals surface area contributed by atoms with Crippen LogP contribution in [-0.4, -0.2) is 22.7 Å². The van der Waals surface area contributed by atoms with Gasteiger partial charge in [-0.25, -0.2) is 0 Å². The first-order valence-electron chi connectivity index (χ1n) is 4.60. The molecule has 0 aromatic carbocycles. The minimum atomic E-state index is -1.20. The second kappa shape index (κ2) is 4.59. The number of aromatic nitrogens is 1. The predicted octanol–water partition coefficient (Wildman–Crippen LogP) is 2.70. The van der Waals surface area contributed by atoms with Gasteiger partial charge in [0.05, 0.1) is 5.69 Å². The van der Waals surface area contributed by atoms with Crippen LogP contribution in [0.25, 0.3) is 0 Å². The van der Waals surface area contributed by atoms with Crippen molar-refractivity contribution in [3.63, 3.8) is 0 Å². The van der Waals surface area contributed by atoms with Crippen LogP contribution in [-0.2, 0) is 4.79 Å². The molecule has 1 fully saturated rings. The van der Waals surface area contributed by atoms with E-state index in [2.05, 4.69) is 17.6 Å². The number of pyridine rings is 1. The van der Waals surface area contributed by atoms with Crippen molar-refractivity contribution < 1.29 is 13.6 Å². The Labute approximate surface area is 111 Å². The lowest BCUT2D eigenvalue weighted by Crippen LogP contribution is -2.26. The van der Waals surface area contributed by atoms with Crippen molar-refractivity contribution in [2.45, 2.75) is 11.7 Å². The van der Waals surface area contributed by atoms with Crippen LogP contribution in [0.2, 0.25) is 10.0 Å². The fourth-order valence-electron chi connectivity index (χ4n) is 1.62. The Morgan fingerprint density at radius 1 is 1.29 bits per heavy atom. The largest absolute Gasteiger partial charge is 0.308 e. The van der Waals surface area contributed by atoms with E-state index >= 15 is 0 Å². The molecule has 1 amide bonds. The highest BCUT2D eigenvalue weighted by Crippen LogP contribution is 2.38. The Hall–Kier alpha value is -0.590. The molecule has 2 heterocycles. The van der Waals surface area contributed by atoms with E-state index in [-0.39, 0.29) is 29.8 Å². The van der Waals surface area contributed by atoms with E-state index in [0.717, 1.165) is 4.90 Å². The summed E-state index contributed by atoms with van der Waals surface area (Å²) in [4.78, 5) is 15.6. The second-order valence-electron chi connectivity index (χ2n) is 3.53. The topological polar surface area (TPSA) is 33.2 Å². The van der Waals surface area contributed by atoms with Crippen LogP contribution in [0.5, 0.6) is 0 Å². The molecular weight excluding hydrogens is 293 g/mol. The summed E-state index contributed by atoms with van der Waals surface area (Å²) in [6, 6.07) is 0. The van der Waals surface area contributed by atoms with Crippen molar-refractivity contribution in [1.29, 1.82) is 0 Å². The van der Waals surface area contributed by atoms with Gasteiger partial charge >= 0.3 is 0 Å². The second-order valence-corrected chi connectivity index (χ2v) is 5.02. The fourth-order valence-corrected chi connectivity index (χ4v) is 2.46. The van der Waals surface area contributed by atoms with Crippen LogP contribution in [0.1, 0.15) is 6.42 Å². The van der Waals surface area contributed by atoms with Crippen LogP contribution < -0.4 is 4.90 Å². The average Bonchev–Trinajstić information content (AvgIpc) is 2.56. The smallest absolute Gasteiger partial charge is 0.236 e. The van der Waals surface area contributed by atoms with Gasteiger partial charge in [-0.15, -0.1) is 0 Å². The highest BCUT2D eigenvalue weighted by Gasteiger charge is 2.33. The molecule has 0 aliphatic carbocycles. The van der Waals surface area contributed by atoms with Crippen LogP contribution in [0, 0.1) is 11.9 Å². The molecule has 1 unspecified atom stereocenters. The van der Waals surface area contributed by atoms with Gasteiger partial charge in [-0.1, -0.05) is 23.2 Å². The molecule has 3 nitrogen and oxygen atoms in total. The standard InChI is InChI=1S/C9H6Cl2F2N2OS/c10-5-7(6(11)9(13)14-8(5)12)15-2-3(17)1-4(15)16/h3,17H,1-2H2. The maximum atomic E-state index is 13.2. The Bertz CT molecular complexity index is 474. The third-order valence-corrected chi connectivity index (χ3v) is 3.36. The van der Waals surface area contributed by atoms with Crippen LogP contribution >= 0.6 is 35.8 Å². The molecule has 0 N–H and O–H groups in total. The summed E-state index contributed by atoms with van der Waals surface area (Å²) in [7, 11) is 0. The van der Waals surface area contributed by atoms with Crippen molar-refractivity contribution in [2.24, 2.45) is 0 Å². The molecule has 1 saturated heterocycles. The fraction of sp³-hybridized carbons (Fsp3) is 0.333. The van der Waals surface area contributed by atoms with Gasteiger partial charge in [0.25, 0.3) is 0 Å². The number of hydrogen-bond acceptors (Lipinski definition) is 3. The van der Waals surface area contributed by atoms with E-state index in [4.69, 9.17) is 23.2 Å². The molecule has 1 aliphatic rings. The maximum absolute atomic E-state index is 13.2. The first-order chi connectivity index (χ1) is 7.91. The minimum absolute atomic E-state index is 0.168. The summed E-state index contributed by atoms with van der Waals surface area (Å²) in [5, 5.41) is -1.15. The van der Waals surface area contributed by atoms with E-state index in [1.54, 1.807) is 0 Å². The van der Waals surface area contributed by atoms with Crippen LogP contribution in [0.15, 0.2) is 0 Å². The summed E-state index contributed by atoms with van der Waals surface area (Å²) in [5.74, 6) is -2.73. The van der Waals surface area contributed by atoms with Crippen LogP contribution in [0.3, 0.4) is 0 Å². The van der Waals surface area contributed by atoms with E-state index in [0.29, 0.717) is 0 Å². The normalized spacial score (nSPS) is 20.2. The van der Waals surface area contributed by atoms with E-state index in [9.17, 15) is 13.6 Å². The Balaban J connectivity index is 2.55. The molecule has 17 heavy (non-hydrogen) atoms. The minimum Gasteiger partial charge on any atom is -0.308 e. The van der Waals surface area contributed by atoms with E-state index < -0.39 is 21.9 Å². The molecule has 0 bridgehead atoms. The van der Waals surface area contributed by atoms with Crippen molar-refractivity contribution in [2.75, 3.05) is 11.4 Å². The highest BCUT2D eigenvalue weighted by atomic mass is 35.5. The number of halogens is 4. The van der Waals surface area contributed by atoms with E-state index in [1.165, 1.54) is 0 Å². The Morgan fingerprint density at radius 3 is 2.24 bits per heavy atom. The number of carbonyl (C=O) groups excluding carboxylic acids is 1. The quantitative estimate of drug-likeness (QED) is 0.639. The van der Waals surface area contributed by atoms with Crippen molar-refractivity contribution in [1.82, 2.24) is 4.98 Å². The summed E-state index contributed by atoms with van der Waals surface area (Å²) in [6.07, 6.45) is 0.168. The molecular formula is C9H6Cl2F2N2OS. The monoisotopic (exact) mass is 298 g/mol. The molecule has 92 valence electrons. The summed E-state index contributed by atoms with van der Waals surface area (Å²) >= 11 is 15.4. The summed E-state index contributed by atoms with van der Waals surface area (Å²) in [5.41, 5.74) is -0.181. The Kier molecular flexibility index (Phi) is 3.47. The molecule has 1 aromatic rings. The van der Waals surface area contributed by atoms with Gasteiger partial charge in [0.15, 0.2) is 0 Å². The Morgan fingerprint density at radius 2 is 1.82 bits per heavy atom. The highest BCUT2D eigenvalue weighted by molar-refractivity contribution is 7.81. The molecule has 0 spiro atoms. The maximum Gasteiger partial charge on any atom is 0.236 e. The lowest BCUT2D eigenvalue weighted by Gasteiger charge is -2.19. The van der Waals surface area contributed by atoms with Gasteiger partial charge in [0, 0.05) is 18.2 Å². The van der Waals surface area contributed by atoms with Crippen molar-refractivity contribution >= 4 is 47.4 Å². The lowest BCUT2D eigenvalue weighted by molar-refractivity contribution is -0.117. The third-order valence-electron chi connectivity index (χ3n) is 2.35. The van der Waals surface area contributed by atoms with Crippen LogP contribution in [0.4, 0.5) is 14.5 Å². The first-order valence-corrected chi connectivity index (χ1v) is 5.87. The molecule has 2 rings (SSSR count). The zero-order valence-corrected chi connectivity index (χ0v) is 10.7. The molecule has 8 heteroatoms. The van der Waals surface area contributed by atoms with Gasteiger partial charge in [0.1, 0.15) is 10.0 Å². The van der Waals surface area contributed by atoms with E-state index in [1.807, 2.05) is 0 Å². The molecule has 1 aromatic heterocycles. The zero-order valence-electron chi connectivity index (χ0n) is 8.25. The zero-order chi connectivity index (χ0) is 12.7. The van der Waals surface area contributed by atoms with Gasteiger partial charge in [-0.2, -0.15) is 26.4 Å². The molecule has 1 aliphatic heterocycles. The number of amides is 1. The first kappa shape index (κ1) is 12.9. The average molecular weight is 299 g/mol. The SMILES string of the molecule is O=C1CC(S)CN1c1c(Cl)c(F)nc(F)c1Cl. The van der Waals surface area contributed by atoms with Crippen molar-refractivity contribution in [3.8, 4) is 0 Å². The third kappa shape index (κ3) is 2.21. The van der Waals surface area contributed by atoms with Gasteiger partial charge in [-0.05, 0) is 0 Å². The number of anilines is 1. The lowest BCUT2D eigenvalue weighted by atomic mass is 10.3. The van der Waals surface area contributed by atoms with Gasteiger partial charge in [0.2, 0.25) is 17.8 Å². The number of rotatable bonds is 1. The summed E-state index contributed by atoms with van der Waals surface area (Å²) in [6.45, 7) is 0.199. The number of thiol groups is 1. The molecule has 0 radical (unpaired) electrons. The number of nitrogens with zero attached hydrogens (tertiary/aromatic N) is 2. The number of carbonyl (C=O) groups is 1. The summed E-state index contributed by atoms with van der Waals surface area (Å²) < 4.78 is 26.4. The molecule has 0 saturated carbocycles.